The monoisotopic (exact) mass is 284 g/mol. The van der Waals surface area contributed by atoms with Crippen LogP contribution in [0.3, 0.4) is 0 Å². The Morgan fingerprint density at radius 2 is 1.85 bits per heavy atom. The zero-order chi connectivity index (χ0) is 10.6. The van der Waals surface area contributed by atoms with Crippen molar-refractivity contribution in [3.8, 4) is 0 Å². The molecule has 0 spiro atoms. The van der Waals surface area contributed by atoms with E-state index in [1.807, 2.05) is 0 Å². The van der Waals surface area contributed by atoms with Gasteiger partial charge in [0, 0.05) is 0 Å². The first-order valence-corrected chi connectivity index (χ1v) is 5.95. The Kier molecular flexibility index (Phi) is 6.01. The summed E-state index contributed by atoms with van der Waals surface area (Å²) in [6.45, 7) is 0. The van der Waals surface area contributed by atoms with Gasteiger partial charge in [0.05, 0.1) is 0 Å². The maximum Gasteiger partial charge on any atom is 0.280 e. The Bertz CT molecular complexity index is 221. The fourth-order valence-corrected chi connectivity index (χ4v) is 2.56. The quantitative estimate of drug-likeness (QED) is 0.341. The second-order valence-corrected chi connectivity index (χ2v) is 5.63. The molecule has 0 saturated heterocycles. The molecule has 0 aliphatic rings. The molecule has 2 N–H and O–H groups in total. The summed E-state index contributed by atoms with van der Waals surface area (Å²) >= 11 is 14.9. The third-order valence-electron chi connectivity index (χ3n) is 0.686. The van der Waals surface area contributed by atoms with Gasteiger partial charge in [0.15, 0.2) is 5.44 Å². The van der Waals surface area contributed by atoms with Crippen molar-refractivity contribution in [3.63, 3.8) is 0 Å². The number of hydrogen-bond donors (Lipinski definition) is 2. The smallest absolute Gasteiger partial charge is 0.280 e. The van der Waals surface area contributed by atoms with Crippen LogP contribution in [0, 0.1) is 0 Å². The molecule has 13 heavy (non-hydrogen) atoms. The molecule has 0 rings (SSSR count). The van der Waals surface area contributed by atoms with E-state index in [-0.39, 0.29) is 0 Å². The van der Waals surface area contributed by atoms with Crippen molar-refractivity contribution in [2.24, 2.45) is 0 Å². The van der Waals surface area contributed by atoms with E-state index >= 15 is 0 Å². The van der Waals surface area contributed by atoms with Gasteiger partial charge >= 0.3 is 0 Å². The lowest BCUT2D eigenvalue weighted by Crippen LogP contribution is -2.23. The average molecular weight is 286 g/mol. The maximum atomic E-state index is 10.4. The second kappa shape index (κ2) is 5.65. The molecule has 76 valence electrons. The van der Waals surface area contributed by atoms with E-state index in [2.05, 4.69) is 0 Å². The van der Waals surface area contributed by atoms with Crippen LogP contribution in [0.2, 0.25) is 0 Å². The van der Waals surface area contributed by atoms with Crippen molar-refractivity contribution in [2.45, 2.75) is 9.83 Å². The number of hydrogen-bond acceptors (Lipinski definition) is 6. The molecule has 2 atom stereocenters. The lowest BCUT2D eigenvalue weighted by atomic mass is 10.8. The standard InChI is InChI=1S/C4H3Cl3O4S2/c5-1(8)2(9)12-13-4(7,11)3(6)10/h2,9,11H. The largest absolute Gasteiger partial charge is 0.373 e. The number of carbonyl (C=O) groups excluding carboxylic acids is 2. The third-order valence-corrected chi connectivity index (χ3v) is 4.64. The number of carbonyl (C=O) groups is 2. The Hall–Kier alpha value is 0.830. The van der Waals surface area contributed by atoms with Crippen molar-refractivity contribution < 1.29 is 19.8 Å². The summed E-state index contributed by atoms with van der Waals surface area (Å²) in [5, 5.41) is 15.5. The Morgan fingerprint density at radius 3 is 2.15 bits per heavy atom. The molecule has 0 aromatic heterocycles. The summed E-state index contributed by atoms with van der Waals surface area (Å²) in [6, 6.07) is 0. The van der Waals surface area contributed by atoms with Gasteiger partial charge in [0.25, 0.3) is 14.9 Å². The average Bonchev–Trinajstić information content (AvgIpc) is 1.99. The molecule has 9 heteroatoms. The molecule has 0 bridgehead atoms. The lowest BCUT2D eigenvalue weighted by molar-refractivity contribution is -0.117. The van der Waals surface area contributed by atoms with E-state index in [4.69, 9.17) is 45.0 Å². The molecule has 0 radical (unpaired) electrons. The summed E-state index contributed by atoms with van der Waals surface area (Å²) in [4.78, 5) is 20.7. The highest BCUT2D eigenvalue weighted by molar-refractivity contribution is 8.78. The van der Waals surface area contributed by atoms with E-state index in [9.17, 15) is 9.59 Å². The van der Waals surface area contributed by atoms with Crippen molar-refractivity contribution in [1.29, 1.82) is 0 Å². The Morgan fingerprint density at radius 1 is 1.38 bits per heavy atom. The fraction of sp³-hybridized carbons (Fsp3) is 0.500. The number of alkyl halides is 1. The fourth-order valence-electron chi connectivity index (χ4n) is 0.180. The molecule has 0 amide bonds. The predicted molar refractivity (Wildman–Crippen MR) is 53.7 cm³/mol. The first-order valence-electron chi connectivity index (χ1n) is 2.60. The number of aliphatic hydroxyl groups excluding tert-OH is 1. The molecular weight excluding hydrogens is 283 g/mol. The second-order valence-electron chi connectivity index (χ2n) is 1.67. The highest BCUT2D eigenvalue weighted by atomic mass is 35.5. The van der Waals surface area contributed by atoms with Crippen LogP contribution >= 0.6 is 56.4 Å². The first-order chi connectivity index (χ1) is 5.77. The van der Waals surface area contributed by atoms with Crippen molar-refractivity contribution in [3.05, 3.63) is 0 Å². The Labute approximate surface area is 96.3 Å². The minimum absolute atomic E-state index is 0.324. The van der Waals surface area contributed by atoms with Crippen molar-refractivity contribution in [1.82, 2.24) is 0 Å². The van der Waals surface area contributed by atoms with Crippen LogP contribution in [0.25, 0.3) is 0 Å². The molecule has 0 aromatic carbocycles. The van der Waals surface area contributed by atoms with Crippen LogP contribution in [0.4, 0.5) is 0 Å². The van der Waals surface area contributed by atoms with Crippen LogP contribution in [0.5, 0.6) is 0 Å². The van der Waals surface area contributed by atoms with Gasteiger partial charge in [0.2, 0.25) is 0 Å². The predicted octanol–water partition coefficient (Wildman–Crippen LogP) is 1.10. The van der Waals surface area contributed by atoms with Gasteiger partial charge in [-0.05, 0) is 44.8 Å². The van der Waals surface area contributed by atoms with E-state index in [0.29, 0.717) is 21.6 Å². The van der Waals surface area contributed by atoms with Crippen molar-refractivity contribution in [2.75, 3.05) is 0 Å². The molecule has 0 saturated carbocycles. The van der Waals surface area contributed by atoms with Crippen LogP contribution in [0.1, 0.15) is 0 Å². The van der Waals surface area contributed by atoms with Crippen LogP contribution < -0.4 is 0 Å². The minimum atomic E-state index is -2.38. The maximum absolute atomic E-state index is 10.4. The van der Waals surface area contributed by atoms with Gasteiger partial charge in [-0.1, -0.05) is 11.6 Å². The molecule has 0 heterocycles. The van der Waals surface area contributed by atoms with Gasteiger partial charge in [-0.3, -0.25) is 9.59 Å². The zero-order valence-electron chi connectivity index (χ0n) is 5.74. The molecule has 4 nitrogen and oxygen atoms in total. The molecule has 2 unspecified atom stereocenters. The molecular formula is C4H3Cl3O4S2. The van der Waals surface area contributed by atoms with E-state index in [0.717, 1.165) is 0 Å². The topological polar surface area (TPSA) is 74.6 Å². The minimum Gasteiger partial charge on any atom is -0.373 e. The summed E-state index contributed by atoms with van der Waals surface area (Å²) in [5.41, 5.74) is -1.58. The number of halogens is 3. The van der Waals surface area contributed by atoms with Crippen LogP contribution in [-0.2, 0) is 9.59 Å². The molecule has 0 aliphatic carbocycles. The number of rotatable bonds is 5. The Balaban J connectivity index is 4.02. The highest BCUT2D eigenvalue weighted by Crippen LogP contribution is 2.41. The van der Waals surface area contributed by atoms with Crippen LogP contribution in [-0.4, -0.2) is 30.5 Å². The third kappa shape index (κ3) is 5.31. The van der Waals surface area contributed by atoms with E-state index < -0.39 is 20.3 Å². The summed E-state index contributed by atoms with van der Waals surface area (Å²) in [6.07, 6.45) is 0. The van der Waals surface area contributed by atoms with Gasteiger partial charge in [-0.2, -0.15) is 0 Å². The van der Waals surface area contributed by atoms with Gasteiger partial charge in [-0.25, -0.2) is 0 Å². The highest BCUT2D eigenvalue weighted by Gasteiger charge is 2.34. The van der Waals surface area contributed by atoms with Gasteiger partial charge in [0.1, 0.15) is 0 Å². The zero-order valence-corrected chi connectivity index (χ0v) is 9.64. The molecule has 0 fully saturated rings. The summed E-state index contributed by atoms with van der Waals surface area (Å²) < 4.78 is -2.38. The number of aliphatic hydroxyl groups is 2. The lowest BCUT2D eigenvalue weighted by Gasteiger charge is -2.14. The normalized spacial score (nSPS) is 17.6. The molecule has 0 aliphatic heterocycles. The van der Waals surface area contributed by atoms with E-state index in [1.165, 1.54) is 0 Å². The SMILES string of the molecule is O=C(Cl)C(O)SSC(O)(Cl)C(=O)Cl. The first kappa shape index (κ1) is 13.8. The summed E-state index contributed by atoms with van der Waals surface area (Å²) in [7, 11) is 0.747. The molecule has 0 aromatic rings. The van der Waals surface area contributed by atoms with Gasteiger partial charge < -0.3 is 10.2 Å². The van der Waals surface area contributed by atoms with Gasteiger partial charge in [-0.15, -0.1) is 0 Å². The van der Waals surface area contributed by atoms with E-state index in [1.54, 1.807) is 0 Å². The van der Waals surface area contributed by atoms with Crippen LogP contribution in [0.15, 0.2) is 0 Å². The summed E-state index contributed by atoms with van der Waals surface area (Å²) in [5.74, 6) is 0. The van der Waals surface area contributed by atoms with Crippen molar-refractivity contribution >= 4 is 66.9 Å².